The number of halogens is 2. The molecule has 5 aromatic rings. The van der Waals surface area contributed by atoms with Crippen LogP contribution in [0, 0.1) is 5.82 Å². The Bertz CT molecular complexity index is 1470. The van der Waals surface area contributed by atoms with E-state index in [4.69, 9.17) is 0 Å². The predicted octanol–water partition coefficient (Wildman–Crippen LogP) is 8.23. The Kier molecular flexibility index (Phi) is 11.2. The van der Waals surface area contributed by atoms with Crippen LogP contribution in [0.25, 0.3) is 5.32 Å². The minimum atomic E-state index is -0.279. The first-order chi connectivity index (χ1) is 19.1. The van der Waals surface area contributed by atoms with Crippen molar-refractivity contribution in [3.63, 3.8) is 0 Å². The van der Waals surface area contributed by atoms with Crippen molar-refractivity contribution >= 4 is 34.2 Å². The molecule has 0 saturated carbocycles. The fraction of sp³-hybridized carbons (Fsp3) is 0.0909. The van der Waals surface area contributed by atoms with Gasteiger partial charge in [-0.2, -0.15) is 0 Å². The third-order valence-electron chi connectivity index (χ3n) is 6.26. The fourth-order valence-electron chi connectivity index (χ4n) is 4.41. The second-order valence-electron chi connectivity index (χ2n) is 9.05. The SMILES string of the molecule is Oc1c(Cc2ccccc2)cc(Cc2ccccc2)cc1Pc1ccc(F)cc1C[N-]c1ccccc1.[Cl][Ti+]. The zero-order valence-electron chi connectivity index (χ0n) is 21.3. The molecule has 2 nitrogen and oxygen atoms in total. The van der Waals surface area contributed by atoms with Crippen molar-refractivity contribution in [3.05, 3.63) is 160 Å². The third kappa shape index (κ3) is 8.52. The van der Waals surface area contributed by atoms with Crippen LogP contribution < -0.4 is 10.6 Å². The molecule has 0 aliphatic carbocycles. The van der Waals surface area contributed by atoms with Crippen molar-refractivity contribution in [1.82, 2.24) is 0 Å². The van der Waals surface area contributed by atoms with E-state index in [1.165, 1.54) is 31.0 Å². The number of para-hydroxylation sites is 1. The van der Waals surface area contributed by atoms with Crippen LogP contribution in [0.2, 0.25) is 0 Å². The molecule has 0 radical (unpaired) electrons. The Labute approximate surface area is 247 Å². The summed E-state index contributed by atoms with van der Waals surface area (Å²) in [7, 11) is 4.81. The van der Waals surface area contributed by atoms with Crippen LogP contribution in [-0.4, -0.2) is 5.11 Å². The van der Waals surface area contributed by atoms with E-state index in [0.29, 0.717) is 18.7 Å². The van der Waals surface area contributed by atoms with Gasteiger partial charge in [0.1, 0.15) is 11.6 Å². The average Bonchev–Trinajstić information content (AvgIpc) is 2.98. The molecule has 39 heavy (non-hydrogen) atoms. The minimum absolute atomic E-state index is 0.176. The van der Waals surface area contributed by atoms with Gasteiger partial charge in [-0.15, -0.1) is 12.2 Å². The topological polar surface area (TPSA) is 34.3 Å². The van der Waals surface area contributed by atoms with E-state index in [1.54, 1.807) is 6.07 Å². The van der Waals surface area contributed by atoms with Crippen LogP contribution in [-0.2, 0) is 38.8 Å². The van der Waals surface area contributed by atoms with Crippen molar-refractivity contribution in [3.8, 4) is 5.75 Å². The van der Waals surface area contributed by atoms with Crippen molar-refractivity contribution in [2.24, 2.45) is 0 Å². The van der Waals surface area contributed by atoms with Crippen LogP contribution in [0.5, 0.6) is 5.75 Å². The number of phenols is 1. The van der Waals surface area contributed by atoms with Gasteiger partial charge in [-0.25, -0.2) is 4.39 Å². The summed E-state index contributed by atoms with van der Waals surface area (Å²) in [6.07, 6.45) is 1.42. The maximum absolute atomic E-state index is 14.2. The normalized spacial score (nSPS) is 10.7. The van der Waals surface area contributed by atoms with Gasteiger partial charge in [0.05, 0.1) is 0 Å². The molecule has 6 heteroatoms. The van der Waals surface area contributed by atoms with Crippen LogP contribution in [0.3, 0.4) is 0 Å². The summed E-state index contributed by atoms with van der Waals surface area (Å²) in [5.41, 5.74) is 6.11. The van der Waals surface area contributed by atoms with E-state index in [1.807, 2.05) is 72.8 Å². The molecule has 0 amide bonds. The average molecular weight is 588 g/mol. The van der Waals surface area contributed by atoms with Gasteiger partial charge in [0, 0.05) is 11.7 Å². The molecule has 0 saturated heterocycles. The summed E-state index contributed by atoms with van der Waals surface area (Å²) < 4.78 is 14.2. The van der Waals surface area contributed by atoms with E-state index in [-0.39, 0.29) is 14.4 Å². The first-order valence-electron chi connectivity index (χ1n) is 12.5. The molecule has 1 atom stereocenters. The standard InChI is InChI=1S/C33H28FNOP.ClH.Ti/c34-29-16-17-31(28(22-29)23-35-30-14-8-3-9-15-30)37-32-21-26(18-24-10-4-1-5-11-24)20-27(33(32)36)19-25-12-6-2-7-13-25;;/h1-17,20-22,36-37H,18-19,23H2;1H;/q-1;;+2/p-1. The molecule has 0 aliphatic heterocycles. The van der Waals surface area contributed by atoms with E-state index in [0.717, 1.165) is 45.0 Å². The van der Waals surface area contributed by atoms with E-state index < -0.39 is 0 Å². The number of phenolic OH excluding ortho intramolecular Hbond substituents is 1. The quantitative estimate of drug-likeness (QED) is 0.137. The predicted molar refractivity (Wildman–Crippen MR) is 160 cm³/mol. The summed E-state index contributed by atoms with van der Waals surface area (Å²) in [6, 6.07) is 39.3. The number of benzene rings is 5. The van der Waals surface area contributed by atoms with E-state index in [9.17, 15) is 9.50 Å². The number of rotatable bonds is 9. The summed E-state index contributed by atoms with van der Waals surface area (Å²) in [5, 5.41) is 17.9. The molecular formula is C33H28ClFNOPTi. The van der Waals surface area contributed by atoms with Gasteiger partial charge in [0.15, 0.2) is 0 Å². The molecule has 194 valence electrons. The zero-order chi connectivity index (χ0) is 27.5. The Morgan fingerprint density at radius 3 is 1.87 bits per heavy atom. The monoisotopic (exact) mass is 587 g/mol. The third-order valence-corrected chi connectivity index (χ3v) is 7.67. The Hall–Kier alpha value is -2.94. The summed E-state index contributed by atoms with van der Waals surface area (Å²) in [4.78, 5) is 0. The van der Waals surface area contributed by atoms with Crippen LogP contribution >= 0.6 is 17.9 Å². The molecule has 0 aliphatic rings. The molecule has 0 fully saturated rings. The molecule has 1 unspecified atom stereocenters. The number of hydrogen-bond acceptors (Lipinski definition) is 1. The molecule has 5 aromatic carbocycles. The summed E-state index contributed by atoms with van der Waals surface area (Å²) >= 11 is 1.47. The van der Waals surface area contributed by atoms with Crippen molar-refractivity contribution in [2.75, 3.05) is 0 Å². The van der Waals surface area contributed by atoms with Gasteiger partial charge in [-0.1, -0.05) is 117 Å². The Balaban J connectivity index is 0.00000172. The van der Waals surface area contributed by atoms with Crippen molar-refractivity contribution in [1.29, 1.82) is 0 Å². The number of hydrogen-bond donors (Lipinski definition) is 1. The van der Waals surface area contributed by atoms with Crippen LogP contribution in [0.4, 0.5) is 10.1 Å². The fourth-order valence-corrected chi connectivity index (χ4v) is 5.72. The Morgan fingerprint density at radius 2 is 1.23 bits per heavy atom. The molecular weight excluding hydrogens is 560 g/mol. The molecule has 1 N–H and O–H groups in total. The maximum atomic E-state index is 14.2. The zero-order valence-corrected chi connectivity index (χ0v) is 24.6. The van der Waals surface area contributed by atoms with Crippen molar-refractivity contribution in [2.45, 2.75) is 19.4 Å². The van der Waals surface area contributed by atoms with Gasteiger partial charge >= 0.3 is 28.7 Å². The molecule has 0 heterocycles. The van der Waals surface area contributed by atoms with Gasteiger partial charge < -0.3 is 10.4 Å². The molecule has 0 aromatic heterocycles. The van der Waals surface area contributed by atoms with Gasteiger partial charge in [0.25, 0.3) is 0 Å². The van der Waals surface area contributed by atoms with Gasteiger partial charge in [-0.3, -0.25) is 0 Å². The molecule has 5 rings (SSSR count). The second kappa shape index (κ2) is 15.0. The summed E-state index contributed by atoms with van der Waals surface area (Å²) in [6.45, 7) is 0.380. The second-order valence-corrected chi connectivity index (χ2v) is 10.4. The van der Waals surface area contributed by atoms with Crippen LogP contribution in [0.1, 0.15) is 27.8 Å². The van der Waals surface area contributed by atoms with Gasteiger partial charge in [0.2, 0.25) is 0 Å². The number of aromatic hydroxyl groups is 1. The Morgan fingerprint density at radius 1 is 0.641 bits per heavy atom. The molecule has 0 bridgehead atoms. The van der Waals surface area contributed by atoms with Gasteiger partial charge in [-0.05, 0) is 52.2 Å². The number of nitrogens with zero attached hydrogens (tertiary/aromatic N) is 1. The summed E-state index contributed by atoms with van der Waals surface area (Å²) in [5.74, 6) is 0.0351. The first kappa shape index (κ1) is 29.1. The van der Waals surface area contributed by atoms with E-state index >= 15 is 0 Å². The van der Waals surface area contributed by atoms with Crippen LogP contribution in [0.15, 0.2) is 121 Å². The van der Waals surface area contributed by atoms with Crippen molar-refractivity contribution < 1.29 is 28.9 Å². The first-order valence-corrected chi connectivity index (χ1v) is 15.7. The van der Waals surface area contributed by atoms with E-state index in [2.05, 4.69) is 51.0 Å². The molecule has 0 spiro atoms.